The van der Waals surface area contributed by atoms with Gasteiger partial charge in [-0.25, -0.2) is 4.98 Å². The van der Waals surface area contributed by atoms with Crippen molar-refractivity contribution in [2.75, 3.05) is 5.32 Å². The fraction of sp³-hybridized carbons (Fsp3) is 0.103. The first kappa shape index (κ1) is 20.7. The molecule has 0 aliphatic carbocycles. The molecule has 34 heavy (non-hydrogen) atoms. The number of anilines is 2. The molecule has 6 rings (SSSR count). The van der Waals surface area contributed by atoms with Crippen LogP contribution in [0.2, 0.25) is 5.02 Å². The Morgan fingerprint density at radius 1 is 0.912 bits per heavy atom. The number of aryl methyl sites for hydroxylation is 1. The van der Waals surface area contributed by atoms with E-state index in [0.29, 0.717) is 10.6 Å². The molecule has 5 aromatic rings. The summed E-state index contributed by atoms with van der Waals surface area (Å²) in [7, 11) is 0. The van der Waals surface area contributed by atoms with Crippen molar-refractivity contribution in [2.24, 2.45) is 0 Å². The standard InChI is InChI=1S/C29H22ClN3O/c1-18-11-13-19(14-12-18)29(2)22-8-4-3-7-21(22)27(34)33-26-17-20(15-16-25(26)32-28(29)33)31-24-10-6-5-9-23(24)30/h3-17,31H,1-2H3. The molecule has 1 atom stereocenters. The van der Waals surface area contributed by atoms with Crippen LogP contribution in [0.1, 0.15) is 39.8 Å². The minimum absolute atomic E-state index is 0.0624. The minimum Gasteiger partial charge on any atom is -0.354 e. The molecule has 0 bridgehead atoms. The summed E-state index contributed by atoms with van der Waals surface area (Å²) >= 11 is 6.35. The second-order valence-corrected chi connectivity index (χ2v) is 9.33. The zero-order valence-electron chi connectivity index (χ0n) is 18.8. The molecular formula is C29H22ClN3O. The maximum absolute atomic E-state index is 13.8. The van der Waals surface area contributed by atoms with Crippen LogP contribution < -0.4 is 5.32 Å². The number of aromatic nitrogens is 2. The molecule has 4 nitrogen and oxygen atoms in total. The van der Waals surface area contributed by atoms with E-state index < -0.39 is 5.41 Å². The average Bonchev–Trinajstić information content (AvgIpc) is 3.24. The van der Waals surface area contributed by atoms with E-state index in [0.717, 1.165) is 39.4 Å². The van der Waals surface area contributed by atoms with Crippen molar-refractivity contribution < 1.29 is 4.79 Å². The Kier molecular flexibility index (Phi) is 4.61. The summed E-state index contributed by atoms with van der Waals surface area (Å²) in [5.74, 6) is 0.664. The number of rotatable bonds is 3. The van der Waals surface area contributed by atoms with Crippen molar-refractivity contribution in [3.8, 4) is 0 Å². The number of halogens is 1. The zero-order valence-corrected chi connectivity index (χ0v) is 19.6. The summed E-state index contributed by atoms with van der Waals surface area (Å²) in [5, 5.41) is 4.00. The first-order valence-electron chi connectivity index (χ1n) is 11.2. The monoisotopic (exact) mass is 463 g/mol. The Bertz CT molecular complexity index is 1590. The third kappa shape index (κ3) is 2.99. The maximum atomic E-state index is 13.8. The molecule has 1 aromatic heterocycles. The van der Waals surface area contributed by atoms with E-state index in [1.54, 1.807) is 4.57 Å². The summed E-state index contributed by atoms with van der Waals surface area (Å²) < 4.78 is 1.77. The van der Waals surface area contributed by atoms with E-state index in [1.807, 2.05) is 66.7 Å². The number of hydrogen-bond donors (Lipinski definition) is 1. The molecule has 0 radical (unpaired) electrons. The van der Waals surface area contributed by atoms with Crippen molar-refractivity contribution in [3.63, 3.8) is 0 Å². The van der Waals surface area contributed by atoms with Gasteiger partial charge in [-0.1, -0.05) is 71.8 Å². The van der Waals surface area contributed by atoms with Gasteiger partial charge in [0.05, 0.1) is 27.2 Å². The van der Waals surface area contributed by atoms with Gasteiger partial charge in [-0.3, -0.25) is 9.36 Å². The van der Waals surface area contributed by atoms with E-state index in [2.05, 4.69) is 43.4 Å². The lowest BCUT2D eigenvalue weighted by Crippen LogP contribution is -2.38. The molecule has 0 saturated heterocycles. The minimum atomic E-state index is -0.576. The van der Waals surface area contributed by atoms with Crippen LogP contribution in [-0.4, -0.2) is 15.5 Å². The Balaban J connectivity index is 1.58. The van der Waals surface area contributed by atoms with Crippen LogP contribution in [0.3, 0.4) is 0 Å². The molecule has 2 heterocycles. The number of imidazole rings is 1. The predicted molar refractivity (Wildman–Crippen MR) is 137 cm³/mol. The first-order valence-corrected chi connectivity index (χ1v) is 11.6. The average molecular weight is 464 g/mol. The maximum Gasteiger partial charge on any atom is 0.264 e. The van der Waals surface area contributed by atoms with Gasteiger partial charge in [-0.15, -0.1) is 0 Å². The molecule has 1 N–H and O–H groups in total. The van der Waals surface area contributed by atoms with Gasteiger partial charge in [-0.2, -0.15) is 0 Å². The molecule has 1 unspecified atom stereocenters. The van der Waals surface area contributed by atoms with Gasteiger partial charge in [0.15, 0.2) is 0 Å². The molecule has 0 amide bonds. The van der Waals surface area contributed by atoms with Crippen molar-refractivity contribution in [1.82, 2.24) is 9.55 Å². The molecule has 0 fully saturated rings. The molecule has 0 spiro atoms. The fourth-order valence-corrected chi connectivity index (χ4v) is 5.11. The van der Waals surface area contributed by atoms with Gasteiger partial charge < -0.3 is 5.32 Å². The molecule has 5 heteroatoms. The van der Waals surface area contributed by atoms with Gasteiger partial charge in [0.2, 0.25) is 0 Å². The van der Waals surface area contributed by atoms with Gasteiger partial charge in [0.1, 0.15) is 5.82 Å². The molecule has 1 aliphatic heterocycles. The van der Waals surface area contributed by atoms with E-state index in [-0.39, 0.29) is 5.91 Å². The smallest absolute Gasteiger partial charge is 0.264 e. The quantitative estimate of drug-likeness (QED) is 0.310. The van der Waals surface area contributed by atoms with Crippen molar-refractivity contribution >= 4 is 39.9 Å². The first-order chi connectivity index (χ1) is 16.5. The number of para-hydroxylation sites is 1. The Morgan fingerprint density at radius 2 is 1.65 bits per heavy atom. The Hall–Kier alpha value is -3.89. The number of carbonyl (C=O) groups excluding carboxylic acids is 1. The van der Waals surface area contributed by atoms with E-state index >= 15 is 0 Å². The van der Waals surface area contributed by atoms with Gasteiger partial charge in [-0.05, 0) is 61.4 Å². The number of benzene rings is 4. The summed E-state index contributed by atoms with van der Waals surface area (Å²) in [6, 6.07) is 29.8. The fourth-order valence-electron chi connectivity index (χ4n) is 4.93. The highest BCUT2D eigenvalue weighted by Crippen LogP contribution is 2.45. The summed E-state index contributed by atoms with van der Waals surface area (Å²) in [6.45, 7) is 4.23. The van der Waals surface area contributed by atoms with Crippen LogP contribution in [0, 0.1) is 6.92 Å². The number of carbonyl (C=O) groups is 1. The van der Waals surface area contributed by atoms with Crippen LogP contribution in [0.5, 0.6) is 0 Å². The number of nitrogens with zero attached hydrogens (tertiary/aromatic N) is 2. The van der Waals surface area contributed by atoms with Crippen molar-refractivity contribution in [3.05, 3.63) is 124 Å². The van der Waals surface area contributed by atoms with Crippen LogP contribution in [0.25, 0.3) is 11.0 Å². The van der Waals surface area contributed by atoms with Gasteiger partial charge in [0, 0.05) is 11.3 Å². The normalized spacial score (nSPS) is 16.9. The van der Waals surface area contributed by atoms with Crippen LogP contribution >= 0.6 is 11.6 Å². The van der Waals surface area contributed by atoms with Crippen molar-refractivity contribution in [2.45, 2.75) is 19.3 Å². The number of fused-ring (bicyclic) bond motifs is 4. The lowest BCUT2D eigenvalue weighted by Gasteiger charge is -2.36. The highest BCUT2D eigenvalue weighted by molar-refractivity contribution is 6.33. The topological polar surface area (TPSA) is 46.9 Å². The molecule has 4 aromatic carbocycles. The second kappa shape index (κ2) is 7.57. The molecule has 0 saturated carbocycles. The predicted octanol–water partition coefficient (Wildman–Crippen LogP) is 7.10. The van der Waals surface area contributed by atoms with Crippen LogP contribution in [-0.2, 0) is 5.41 Å². The van der Waals surface area contributed by atoms with E-state index in [4.69, 9.17) is 16.6 Å². The highest BCUT2D eigenvalue weighted by atomic mass is 35.5. The molecule has 166 valence electrons. The lowest BCUT2D eigenvalue weighted by molar-refractivity contribution is 0.0949. The third-order valence-corrected chi connectivity index (χ3v) is 7.11. The zero-order chi connectivity index (χ0) is 23.4. The highest BCUT2D eigenvalue weighted by Gasteiger charge is 2.44. The Labute approximate surface area is 202 Å². The lowest BCUT2D eigenvalue weighted by atomic mass is 9.71. The molecular weight excluding hydrogens is 442 g/mol. The van der Waals surface area contributed by atoms with Crippen LogP contribution in [0.4, 0.5) is 11.4 Å². The summed E-state index contributed by atoms with van der Waals surface area (Å²) in [4.78, 5) is 18.8. The number of hydrogen-bond acceptors (Lipinski definition) is 3. The summed E-state index contributed by atoms with van der Waals surface area (Å²) in [5.41, 5.74) is 6.58. The van der Waals surface area contributed by atoms with Crippen molar-refractivity contribution in [1.29, 1.82) is 0 Å². The van der Waals surface area contributed by atoms with E-state index in [9.17, 15) is 4.79 Å². The van der Waals surface area contributed by atoms with Gasteiger partial charge >= 0.3 is 0 Å². The summed E-state index contributed by atoms with van der Waals surface area (Å²) in [6.07, 6.45) is 0. The SMILES string of the molecule is Cc1ccc(C2(C)c3ccccc3C(=O)n3c2nc2ccc(Nc4ccccc4Cl)cc23)cc1. The van der Waals surface area contributed by atoms with Gasteiger partial charge in [0.25, 0.3) is 5.91 Å². The largest absolute Gasteiger partial charge is 0.354 e. The second-order valence-electron chi connectivity index (χ2n) is 8.92. The molecule has 1 aliphatic rings. The van der Waals surface area contributed by atoms with Crippen LogP contribution in [0.15, 0.2) is 91.0 Å². The Morgan fingerprint density at radius 3 is 2.44 bits per heavy atom. The number of nitrogens with one attached hydrogen (secondary N) is 1. The third-order valence-electron chi connectivity index (χ3n) is 6.78. The van der Waals surface area contributed by atoms with E-state index in [1.165, 1.54) is 5.56 Å².